The Morgan fingerprint density at radius 2 is 2.19 bits per heavy atom. The molecule has 0 atom stereocenters. The fourth-order valence-electron chi connectivity index (χ4n) is 1.08. The molecule has 7 nitrogen and oxygen atoms in total. The highest BCUT2D eigenvalue weighted by atomic mass is 16.5. The number of amides is 1. The van der Waals surface area contributed by atoms with Crippen molar-refractivity contribution in [1.82, 2.24) is 20.1 Å². The van der Waals surface area contributed by atoms with E-state index in [0.29, 0.717) is 5.82 Å². The minimum atomic E-state index is -0.296. The molecule has 1 N–H and O–H groups in total. The molecule has 0 aromatic carbocycles. The van der Waals surface area contributed by atoms with Crippen LogP contribution in [0.4, 0.5) is 5.95 Å². The zero-order valence-corrected chi connectivity index (χ0v) is 8.54. The van der Waals surface area contributed by atoms with Crippen LogP contribution in [0, 0.1) is 6.92 Å². The van der Waals surface area contributed by atoms with E-state index in [0.717, 1.165) is 0 Å². The third-order valence-corrected chi connectivity index (χ3v) is 1.70. The second kappa shape index (κ2) is 4.47. The normalized spacial score (nSPS) is 10.1. The molecule has 0 radical (unpaired) electrons. The Kier molecular flexibility index (Phi) is 2.86. The summed E-state index contributed by atoms with van der Waals surface area (Å²) in [5.41, 5.74) is 0. The maximum absolute atomic E-state index is 11.5. The van der Waals surface area contributed by atoms with Crippen molar-refractivity contribution in [3.63, 3.8) is 0 Å². The first-order valence-corrected chi connectivity index (χ1v) is 4.60. The van der Waals surface area contributed by atoms with E-state index in [1.807, 2.05) is 0 Å². The number of aromatic nitrogens is 4. The van der Waals surface area contributed by atoms with E-state index in [-0.39, 0.29) is 24.2 Å². The molecular weight excluding hydrogens is 210 g/mol. The smallest absolute Gasteiger partial charge is 0.236 e. The Balaban J connectivity index is 1.95. The van der Waals surface area contributed by atoms with Gasteiger partial charge in [-0.15, -0.1) is 0 Å². The van der Waals surface area contributed by atoms with E-state index in [1.54, 1.807) is 25.4 Å². The molecule has 2 rings (SSSR count). The van der Waals surface area contributed by atoms with Gasteiger partial charge in [0.05, 0.1) is 0 Å². The predicted molar refractivity (Wildman–Crippen MR) is 53.4 cm³/mol. The van der Waals surface area contributed by atoms with Crippen LogP contribution in [-0.4, -0.2) is 26.0 Å². The molecule has 2 heterocycles. The summed E-state index contributed by atoms with van der Waals surface area (Å²) in [6.07, 6.45) is 3.10. The molecular formula is C9H9N5O2. The number of anilines is 1. The number of aryl methyl sites for hydroxylation is 1. The monoisotopic (exact) mass is 219 g/mol. The quantitative estimate of drug-likeness (QED) is 0.800. The minimum absolute atomic E-state index is 0.0130. The largest absolute Gasteiger partial charge is 0.339 e. The van der Waals surface area contributed by atoms with Crippen molar-refractivity contribution in [2.45, 2.75) is 13.3 Å². The van der Waals surface area contributed by atoms with E-state index >= 15 is 0 Å². The number of carbonyl (C=O) groups excluding carboxylic acids is 1. The first kappa shape index (κ1) is 10.2. The van der Waals surface area contributed by atoms with Crippen LogP contribution in [0.5, 0.6) is 0 Å². The number of nitrogens with one attached hydrogen (secondary N) is 1. The average Bonchev–Trinajstić information content (AvgIpc) is 2.65. The van der Waals surface area contributed by atoms with Gasteiger partial charge in [-0.3, -0.25) is 10.1 Å². The lowest BCUT2D eigenvalue weighted by Crippen LogP contribution is -2.16. The number of nitrogens with zero attached hydrogens (tertiary/aromatic N) is 4. The van der Waals surface area contributed by atoms with Crippen LogP contribution in [0.2, 0.25) is 0 Å². The van der Waals surface area contributed by atoms with Gasteiger partial charge >= 0.3 is 0 Å². The van der Waals surface area contributed by atoms with E-state index in [9.17, 15) is 4.79 Å². The minimum Gasteiger partial charge on any atom is -0.339 e. The number of rotatable bonds is 3. The van der Waals surface area contributed by atoms with Gasteiger partial charge in [-0.2, -0.15) is 4.98 Å². The zero-order valence-electron chi connectivity index (χ0n) is 8.54. The van der Waals surface area contributed by atoms with Crippen LogP contribution in [0.25, 0.3) is 0 Å². The predicted octanol–water partition coefficient (Wildman–Crippen LogP) is 0.349. The van der Waals surface area contributed by atoms with E-state index in [2.05, 4.69) is 25.4 Å². The van der Waals surface area contributed by atoms with Gasteiger partial charge in [0.25, 0.3) is 0 Å². The van der Waals surface area contributed by atoms with Crippen molar-refractivity contribution < 1.29 is 9.32 Å². The highest BCUT2D eigenvalue weighted by Crippen LogP contribution is 2.00. The van der Waals surface area contributed by atoms with E-state index in [1.165, 1.54) is 0 Å². The molecule has 0 bridgehead atoms. The molecule has 0 aliphatic heterocycles. The van der Waals surface area contributed by atoms with Gasteiger partial charge in [0.15, 0.2) is 5.82 Å². The van der Waals surface area contributed by atoms with Crippen LogP contribution in [-0.2, 0) is 11.2 Å². The summed E-state index contributed by atoms with van der Waals surface area (Å²) < 4.78 is 4.81. The molecule has 2 aromatic rings. The van der Waals surface area contributed by atoms with Crippen LogP contribution < -0.4 is 5.32 Å². The second-order valence-electron chi connectivity index (χ2n) is 3.03. The van der Waals surface area contributed by atoms with Crippen molar-refractivity contribution in [3.05, 3.63) is 30.2 Å². The first-order chi connectivity index (χ1) is 7.74. The van der Waals surface area contributed by atoms with Crippen LogP contribution in [0.3, 0.4) is 0 Å². The number of hydrogen-bond donors (Lipinski definition) is 1. The molecule has 16 heavy (non-hydrogen) atoms. The summed E-state index contributed by atoms with van der Waals surface area (Å²) in [6.45, 7) is 1.69. The third kappa shape index (κ3) is 2.59. The fraction of sp³-hybridized carbons (Fsp3) is 0.222. The summed E-state index contributed by atoms with van der Waals surface area (Å²) in [6, 6.07) is 1.66. The Morgan fingerprint density at radius 1 is 1.44 bits per heavy atom. The van der Waals surface area contributed by atoms with Crippen molar-refractivity contribution in [1.29, 1.82) is 0 Å². The van der Waals surface area contributed by atoms with E-state index in [4.69, 9.17) is 4.52 Å². The van der Waals surface area contributed by atoms with Gasteiger partial charge < -0.3 is 4.52 Å². The number of carbonyl (C=O) groups is 1. The molecule has 0 aliphatic carbocycles. The lowest BCUT2D eigenvalue weighted by atomic mass is 10.4. The highest BCUT2D eigenvalue weighted by molar-refractivity contribution is 5.89. The molecule has 2 aromatic heterocycles. The zero-order chi connectivity index (χ0) is 11.4. The van der Waals surface area contributed by atoms with Gasteiger partial charge in [0.2, 0.25) is 17.7 Å². The molecule has 0 fully saturated rings. The van der Waals surface area contributed by atoms with Crippen molar-refractivity contribution >= 4 is 11.9 Å². The standard InChI is InChI=1S/C9H9N5O2/c1-6-12-8(16-14-6)5-7(15)13-9-10-3-2-4-11-9/h2-4H,5H2,1H3,(H,10,11,13,15). The van der Waals surface area contributed by atoms with Crippen LogP contribution in [0.1, 0.15) is 11.7 Å². The SMILES string of the molecule is Cc1noc(CC(=O)Nc2ncccn2)n1. The summed E-state index contributed by atoms with van der Waals surface area (Å²) in [4.78, 5) is 23.1. The topological polar surface area (TPSA) is 93.8 Å². The third-order valence-electron chi connectivity index (χ3n) is 1.70. The van der Waals surface area contributed by atoms with Crippen molar-refractivity contribution in [2.75, 3.05) is 5.32 Å². The molecule has 0 saturated heterocycles. The molecule has 7 heteroatoms. The lowest BCUT2D eigenvalue weighted by molar-refractivity contribution is -0.116. The lowest BCUT2D eigenvalue weighted by Gasteiger charge is -1.99. The molecule has 0 aliphatic rings. The summed E-state index contributed by atoms with van der Waals surface area (Å²) in [5.74, 6) is 0.725. The van der Waals surface area contributed by atoms with E-state index < -0.39 is 0 Å². The van der Waals surface area contributed by atoms with Crippen molar-refractivity contribution in [3.8, 4) is 0 Å². The number of hydrogen-bond acceptors (Lipinski definition) is 6. The Hall–Kier alpha value is -2.31. The summed E-state index contributed by atoms with van der Waals surface area (Å²) >= 11 is 0. The van der Waals surface area contributed by atoms with Gasteiger partial charge in [-0.1, -0.05) is 5.16 Å². The van der Waals surface area contributed by atoms with Gasteiger partial charge in [0, 0.05) is 12.4 Å². The average molecular weight is 219 g/mol. The van der Waals surface area contributed by atoms with Gasteiger partial charge in [-0.25, -0.2) is 9.97 Å². The molecule has 82 valence electrons. The van der Waals surface area contributed by atoms with Crippen LogP contribution >= 0.6 is 0 Å². The summed E-state index contributed by atoms with van der Waals surface area (Å²) in [7, 11) is 0. The Morgan fingerprint density at radius 3 is 2.81 bits per heavy atom. The Labute approximate surface area is 90.9 Å². The second-order valence-corrected chi connectivity index (χ2v) is 3.03. The van der Waals surface area contributed by atoms with Gasteiger partial charge in [-0.05, 0) is 13.0 Å². The maximum Gasteiger partial charge on any atom is 0.236 e. The fourth-order valence-corrected chi connectivity index (χ4v) is 1.08. The molecule has 0 spiro atoms. The highest BCUT2D eigenvalue weighted by Gasteiger charge is 2.10. The first-order valence-electron chi connectivity index (χ1n) is 4.60. The molecule has 0 saturated carbocycles. The maximum atomic E-state index is 11.5. The van der Waals surface area contributed by atoms with Crippen LogP contribution in [0.15, 0.2) is 23.0 Å². The molecule has 0 unspecified atom stereocenters. The summed E-state index contributed by atoms with van der Waals surface area (Å²) in [5, 5.41) is 6.09. The molecule has 1 amide bonds. The van der Waals surface area contributed by atoms with Crippen molar-refractivity contribution in [2.24, 2.45) is 0 Å². The Bertz CT molecular complexity index is 482. The van der Waals surface area contributed by atoms with Gasteiger partial charge in [0.1, 0.15) is 6.42 Å².